The molecular formula is C12H21NO3. The van der Waals surface area contributed by atoms with Crippen molar-refractivity contribution in [2.75, 3.05) is 13.2 Å². The Kier molecular flexibility index (Phi) is 3.82. The van der Waals surface area contributed by atoms with Gasteiger partial charge in [0.25, 0.3) is 0 Å². The van der Waals surface area contributed by atoms with Crippen LogP contribution in [0.25, 0.3) is 0 Å². The predicted molar refractivity (Wildman–Crippen MR) is 59.9 cm³/mol. The van der Waals surface area contributed by atoms with E-state index in [1.54, 1.807) is 0 Å². The number of hydrogen-bond donors (Lipinski definition) is 2. The Hall–Kier alpha value is -0.610. The third kappa shape index (κ3) is 2.74. The SMILES string of the molecule is CC1OCCC1C(=O)NC(CCO)C1CC1. The van der Waals surface area contributed by atoms with Crippen LogP contribution in [0.4, 0.5) is 0 Å². The molecule has 3 atom stereocenters. The molecule has 1 saturated heterocycles. The predicted octanol–water partition coefficient (Wildman–Crippen LogP) is 0.689. The van der Waals surface area contributed by atoms with Crippen molar-refractivity contribution < 1.29 is 14.6 Å². The van der Waals surface area contributed by atoms with Gasteiger partial charge < -0.3 is 15.2 Å². The van der Waals surface area contributed by atoms with E-state index in [9.17, 15) is 4.79 Å². The van der Waals surface area contributed by atoms with Crippen molar-refractivity contribution in [2.45, 2.75) is 44.8 Å². The van der Waals surface area contributed by atoms with Crippen molar-refractivity contribution in [1.29, 1.82) is 0 Å². The summed E-state index contributed by atoms with van der Waals surface area (Å²) >= 11 is 0. The summed E-state index contributed by atoms with van der Waals surface area (Å²) in [5.41, 5.74) is 0. The molecule has 0 bridgehead atoms. The molecule has 0 aromatic carbocycles. The number of aliphatic hydroxyl groups excluding tert-OH is 1. The average molecular weight is 227 g/mol. The highest BCUT2D eigenvalue weighted by atomic mass is 16.5. The average Bonchev–Trinajstić information content (AvgIpc) is 3.00. The number of carbonyl (C=O) groups excluding carboxylic acids is 1. The molecule has 0 aromatic heterocycles. The van der Waals surface area contributed by atoms with Gasteiger partial charge in [0.1, 0.15) is 0 Å². The molecule has 0 spiro atoms. The number of carbonyl (C=O) groups is 1. The topological polar surface area (TPSA) is 58.6 Å². The van der Waals surface area contributed by atoms with E-state index in [1.165, 1.54) is 12.8 Å². The summed E-state index contributed by atoms with van der Waals surface area (Å²) in [5, 5.41) is 12.0. The molecule has 2 fully saturated rings. The molecule has 1 aliphatic heterocycles. The number of hydrogen-bond acceptors (Lipinski definition) is 3. The summed E-state index contributed by atoms with van der Waals surface area (Å²) < 4.78 is 5.39. The van der Waals surface area contributed by atoms with Gasteiger partial charge in [0.2, 0.25) is 5.91 Å². The summed E-state index contributed by atoms with van der Waals surface area (Å²) in [6.07, 6.45) is 3.90. The van der Waals surface area contributed by atoms with Gasteiger partial charge in [-0.2, -0.15) is 0 Å². The largest absolute Gasteiger partial charge is 0.396 e. The Morgan fingerprint density at radius 2 is 2.25 bits per heavy atom. The van der Waals surface area contributed by atoms with Crippen molar-refractivity contribution in [2.24, 2.45) is 11.8 Å². The van der Waals surface area contributed by atoms with Crippen LogP contribution < -0.4 is 5.32 Å². The van der Waals surface area contributed by atoms with Gasteiger partial charge in [-0.05, 0) is 38.5 Å². The van der Waals surface area contributed by atoms with E-state index < -0.39 is 0 Å². The van der Waals surface area contributed by atoms with E-state index in [4.69, 9.17) is 9.84 Å². The van der Waals surface area contributed by atoms with Crippen LogP contribution in [0.3, 0.4) is 0 Å². The Labute approximate surface area is 96.4 Å². The van der Waals surface area contributed by atoms with Crippen molar-refractivity contribution in [3.05, 3.63) is 0 Å². The molecular weight excluding hydrogens is 206 g/mol. The van der Waals surface area contributed by atoms with Crippen LogP contribution in [0.1, 0.15) is 32.6 Å². The number of nitrogens with one attached hydrogen (secondary N) is 1. The molecule has 2 aliphatic rings. The lowest BCUT2D eigenvalue weighted by Crippen LogP contribution is -2.42. The molecule has 1 heterocycles. The Morgan fingerprint density at radius 3 is 2.75 bits per heavy atom. The first-order valence-electron chi connectivity index (χ1n) is 6.25. The quantitative estimate of drug-likeness (QED) is 0.726. The van der Waals surface area contributed by atoms with Crippen LogP contribution in [0, 0.1) is 11.8 Å². The van der Waals surface area contributed by atoms with Crippen LogP contribution in [0.2, 0.25) is 0 Å². The summed E-state index contributed by atoms with van der Waals surface area (Å²) in [6, 6.07) is 0.172. The highest BCUT2D eigenvalue weighted by Gasteiger charge is 2.36. The number of aliphatic hydroxyl groups is 1. The van der Waals surface area contributed by atoms with E-state index in [0.29, 0.717) is 18.9 Å². The lowest BCUT2D eigenvalue weighted by atomic mass is 10.0. The minimum absolute atomic E-state index is 0.0000529. The molecule has 1 saturated carbocycles. The van der Waals surface area contributed by atoms with E-state index in [2.05, 4.69) is 5.32 Å². The normalized spacial score (nSPS) is 31.4. The lowest BCUT2D eigenvalue weighted by molar-refractivity contribution is -0.127. The number of amides is 1. The molecule has 3 unspecified atom stereocenters. The third-order valence-electron chi connectivity index (χ3n) is 3.67. The summed E-state index contributed by atoms with van der Waals surface area (Å²) in [6.45, 7) is 2.79. The molecule has 2 rings (SSSR count). The molecule has 2 N–H and O–H groups in total. The van der Waals surface area contributed by atoms with Crippen LogP contribution in [-0.2, 0) is 9.53 Å². The molecule has 0 aromatic rings. The minimum Gasteiger partial charge on any atom is -0.396 e. The van der Waals surface area contributed by atoms with Crippen molar-refractivity contribution in [3.8, 4) is 0 Å². The van der Waals surface area contributed by atoms with Gasteiger partial charge in [0.05, 0.1) is 12.0 Å². The fourth-order valence-electron chi connectivity index (χ4n) is 2.43. The maximum Gasteiger partial charge on any atom is 0.226 e. The smallest absolute Gasteiger partial charge is 0.226 e. The van der Waals surface area contributed by atoms with E-state index >= 15 is 0 Å². The minimum atomic E-state index is -0.0000529. The molecule has 1 amide bonds. The highest BCUT2D eigenvalue weighted by molar-refractivity contribution is 5.79. The zero-order valence-electron chi connectivity index (χ0n) is 9.82. The summed E-state index contributed by atoms with van der Waals surface area (Å²) in [7, 11) is 0. The first kappa shape index (κ1) is 11.9. The molecule has 92 valence electrons. The number of ether oxygens (including phenoxy) is 1. The van der Waals surface area contributed by atoms with Gasteiger partial charge in [-0.3, -0.25) is 4.79 Å². The first-order valence-corrected chi connectivity index (χ1v) is 6.25. The summed E-state index contributed by atoms with van der Waals surface area (Å²) in [4.78, 5) is 12.0. The van der Waals surface area contributed by atoms with Crippen LogP contribution in [0.5, 0.6) is 0 Å². The fraction of sp³-hybridized carbons (Fsp3) is 0.917. The number of rotatable bonds is 5. The molecule has 1 aliphatic carbocycles. The van der Waals surface area contributed by atoms with Crippen molar-refractivity contribution in [3.63, 3.8) is 0 Å². The zero-order chi connectivity index (χ0) is 11.5. The van der Waals surface area contributed by atoms with Gasteiger partial charge >= 0.3 is 0 Å². The maximum atomic E-state index is 12.0. The standard InChI is InChI=1S/C12H21NO3/c1-8-10(5-7-16-8)12(15)13-11(4-6-14)9-2-3-9/h8-11,14H,2-7H2,1H3,(H,13,15). The summed E-state index contributed by atoms with van der Waals surface area (Å²) in [5.74, 6) is 0.698. The molecule has 16 heavy (non-hydrogen) atoms. The van der Waals surface area contributed by atoms with Crippen LogP contribution in [-0.4, -0.2) is 36.4 Å². The maximum absolute atomic E-state index is 12.0. The second-order valence-corrected chi connectivity index (χ2v) is 4.94. The van der Waals surface area contributed by atoms with Gasteiger partial charge in [0, 0.05) is 19.3 Å². The zero-order valence-corrected chi connectivity index (χ0v) is 9.82. The second kappa shape index (κ2) is 5.15. The van der Waals surface area contributed by atoms with E-state index in [0.717, 1.165) is 6.42 Å². The van der Waals surface area contributed by atoms with Crippen molar-refractivity contribution >= 4 is 5.91 Å². The monoisotopic (exact) mass is 227 g/mol. The lowest BCUT2D eigenvalue weighted by Gasteiger charge is -2.21. The third-order valence-corrected chi connectivity index (χ3v) is 3.67. The molecule has 0 radical (unpaired) electrons. The second-order valence-electron chi connectivity index (χ2n) is 4.94. The Morgan fingerprint density at radius 1 is 1.50 bits per heavy atom. The highest BCUT2D eigenvalue weighted by Crippen LogP contribution is 2.34. The van der Waals surface area contributed by atoms with E-state index in [-0.39, 0.29) is 30.6 Å². The van der Waals surface area contributed by atoms with Gasteiger partial charge in [-0.25, -0.2) is 0 Å². The fourth-order valence-corrected chi connectivity index (χ4v) is 2.43. The Balaban J connectivity index is 1.84. The molecule has 4 heteroatoms. The Bertz CT molecular complexity index is 253. The van der Waals surface area contributed by atoms with Gasteiger partial charge in [0.15, 0.2) is 0 Å². The van der Waals surface area contributed by atoms with E-state index in [1.807, 2.05) is 6.92 Å². The first-order chi connectivity index (χ1) is 7.72. The van der Waals surface area contributed by atoms with Crippen molar-refractivity contribution in [1.82, 2.24) is 5.32 Å². The van der Waals surface area contributed by atoms with Gasteiger partial charge in [-0.15, -0.1) is 0 Å². The van der Waals surface area contributed by atoms with Crippen LogP contribution in [0.15, 0.2) is 0 Å². The molecule has 4 nitrogen and oxygen atoms in total. The van der Waals surface area contributed by atoms with Gasteiger partial charge in [-0.1, -0.05) is 0 Å². The van der Waals surface area contributed by atoms with Crippen LogP contribution >= 0.6 is 0 Å².